The van der Waals surface area contributed by atoms with Crippen LogP contribution >= 0.6 is 0 Å². The van der Waals surface area contributed by atoms with Crippen LogP contribution in [0.3, 0.4) is 0 Å². The fourth-order valence-corrected chi connectivity index (χ4v) is 2.04. The van der Waals surface area contributed by atoms with Crippen LogP contribution in [0, 0.1) is 0 Å². The third kappa shape index (κ3) is 2.12. The molecule has 0 saturated carbocycles. The molecule has 1 aromatic heterocycles. The molecule has 0 bridgehead atoms. The number of benzene rings is 1. The first-order valence-corrected chi connectivity index (χ1v) is 5.61. The Morgan fingerprint density at radius 3 is 2.83 bits per heavy atom. The summed E-state index contributed by atoms with van der Waals surface area (Å²) in [6.07, 6.45) is 0.978. The normalized spacial score (nSPS) is 12.5. The zero-order chi connectivity index (χ0) is 13.1. The van der Waals surface area contributed by atoms with E-state index in [9.17, 15) is 9.59 Å². The van der Waals surface area contributed by atoms with Crippen LogP contribution < -0.4 is 5.32 Å². The molecular weight excluding hydrogens is 232 g/mol. The fourth-order valence-electron chi connectivity index (χ4n) is 2.04. The first-order chi connectivity index (χ1) is 8.67. The highest BCUT2D eigenvalue weighted by atomic mass is 16.4. The Hall–Kier alpha value is -2.14. The standard InChI is InChI=1S/C13H14N2O3/c1-14-11(13(17)18)7-10-6-9-4-2-3-5-12(9)15(10)8-16/h2-6,8,11,14H,7H2,1H3,(H,17,18). The Morgan fingerprint density at radius 2 is 2.22 bits per heavy atom. The number of likely N-dealkylation sites (N-methyl/N-ethyl adjacent to an activating group) is 1. The molecule has 0 fully saturated rings. The second-order valence-electron chi connectivity index (χ2n) is 4.05. The minimum atomic E-state index is -0.930. The molecule has 94 valence electrons. The van der Waals surface area contributed by atoms with Crippen molar-refractivity contribution in [3.8, 4) is 0 Å². The minimum Gasteiger partial charge on any atom is -0.480 e. The zero-order valence-corrected chi connectivity index (χ0v) is 9.96. The van der Waals surface area contributed by atoms with Crippen molar-refractivity contribution >= 4 is 23.3 Å². The number of carbonyl (C=O) groups is 2. The lowest BCUT2D eigenvalue weighted by atomic mass is 10.1. The summed E-state index contributed by atoms with van der Waals surface area (Å²) < 4.78 is 1.49. The molecule has 0 amide bonds. The van der Waals surface area contributed by atoms with Gasteiger partial charge in [-0.15, -0.1) is 0 Å². The Labute approximate surface area is 104 Å². The Kier molecular flexibility index (Phi) is 3.43. The van der Waals surface area contributed by atoms with Gasteiger partial charge in [-0.05, 0) is 19.2 Å². The van der Waals surface area contributed by atoms with Crippen molar-refractivity contribution in [3.63, 3.8) is 0 Å². The Morgan fingerprint density at radius 1 is 1.50 bits per heavy atom. The molecule has 1 unspecified atom stereocenters. The van der Waals surface area contributed by atoms with Crippen LogP contribution in [0.5, 0.6) is 0 Å². The van der Waals surface area contributed by atoms with Crippen LogP contribution in [0.4, 0.5) is 0 Å². The van der Waals surface area contributed by atoms with Gasteiger partial charge in [-0.1, -0.05) is 18.2 Å². The molecule has 1 atom stereocenters. The lowest BCUT2D eigenvalue weighted by Crippen LogP contribution is -2.36. The Bertz CT molecular complexity index is 589. The highest BCUT2D eigenvalue weighted by molar-refractivity contribution is 5.87. The Balaban J connectivity index is 2.44. The number of rotatable bonds is 5. The number of nitrogens with one attached hydrogen (secondary N) is 1. The van der Waals surface area contributed by atoms with Crippen LogP contribution in [0.15, 0.2) is 30.3 Å². The summed E-state index contributed by atoms with van der Waals surface area (Å²) >= 11 is 0. The molecule has 0 saturated heterocycles. The predicted molar refractivity (Wildman–Crippen MR) is 68.3 cm³/mol. The maximum Gasteiger partial charge on any atom is 0.321 e. The van der Waals surface area contributed by atoms with Gasteiger partial charge in [0, 0.05) is 17.5 Å². The van der Waals surface area contributed by atoms with E-state index < -0.39 is 12.0 Å². The lowest BCUT2D eigenvalue weighted by Gasteiger charge is -2.11. The number of carbonyl (C=O) groups excluding carboxylic acids is 1. The van der Waals surface area contributed by atoms with Gasteiger partial charge >= 0.3 is 5.97 Å². The van der Waals surface area contributed by atoms with E-state index in [1.807, 2.05) is 30.3 Å². The molecule has 1 aromatic carbocycles. The van der Waals surface area contributed by atoms with Gasteiger partial charge in [0.05, 0.1) is 5.52 Å². The lowest BCUT2D eigenvalue weighted by molar-refractivity contribution is -0.139. The predicted octanol–water partition coefficient (Wildman–Crippen LogP) is 0.895. The molecule has 2 rings (SSSR count). The van der Waals surface area contributed by atoms with Gasteiger partial charge in [0.25, 0.3) is 0 Å². The first kappa shape index (κ1) is 12.3. The average Bonchev–Trinajstić information content (AvgIpc) is 2.72. The van der Waals surface area contributed by atoms with Gasteiger partial charge in [0.2, 0.25) is 6.41 Å². The summed E-state index contributed by atoms with van der Waals surface area (Å²) in [7, 11) is 1.59. The highest BCUT2D eigenvalue weighted by Crippen LogP contribution is 2.19. The van der Waals surface area contributed by atoms with E-state index in [1.165, 1.54) is 4.57 Å². The van der Waals surface area contributed by atoms with Gasteiger partial charge in [0.1, 0.15) is 6.04 Å². The van der Waals surface area contributed by atoms with E-state index in [0.717, 1.165) is 10.9 Å². The molecule has 0 aliphatic carbocycles. The van der Waals surface area contributed by atoms with Crippen LogP contribution in [-0.2, 0) is 16.0 Å². The van der Waals surface area contributed by atoms with Crippen molar-refractivity contribution in [3.05, 3.63) is 36.0 Å². The minimum absolute atomic E-state index is 0.263. The topological polar surface area (TPSA) is 71.3 Å². The largest absolute Gasteiger partial charge is 0.480 e. The summed E-state index contributed by atoms with van der Waals surface area (Å²) in [5.41, 5.74) is 1.48. The number of hydrogen-bond donors (Lipinski definition) is 2. The number of fused-ring (bicyclic) bond motifs is 1. The first-order valence-electron chi connectivity index (χ1n) is 5.61. The van der Waals surface area contributed by atoms with Gasteiger partial charge in [-0.2, -0.15) is 0 Å². The number of para-hydroxylation sites is 1. The zero-order valence-electron chi connectivity index (χ0n) is 9.96. The second-order valence-corrected chi connectivity index (χ2v) is 4.05. The molecule has 0 radical (unpaired) electrons. The smallest absolute Gasteiger partial charge is 0.321 e. The van der Waals surface area contributed by atoms with Crippen LogP contribution in [0.2, 0.25) is 0 Å². The molecule has 2 N–H and O–H groups in total. The van der Waals surface area contributed by atoms with Crippen molar-refractivity contribution in [1.82, 2.24) is 9.88 Å². The van der Waals surface area contributed by atoms with Gasteiger partial charge in [-0.3, -0.25) is 14.2 Å². The van der Waals surface area contributed by atoms with E-state index in [2.05, 4.69) is 5.32 Å². The third-order valence-electron chi connectivity index (χ3n) is 2.99. The molecular formula is C13H14N2O3. The number of carboxylic acid groups (broad SMARTS) is 1. The van der Waals surface area contributed by atoms with E-state index in [-0.39, 0.29) is 6.42 Å². The molecule has 2 aromatic rings. The quantitative estimate of drug-likeness (QED) is 0.769. The van der Waals surface area contributed by atoms with Gasteiger partial charge in [0.15, 0.2) is 0 Å². The van der Waals surface area contributed by atoms with Crippen molar-refractivity contribution in [2.24, 2.45) is 0 Å². The van der Waals surface area contributed by atoms with Gasteiger partial charge < -0.3 is 10.4 Å². The van der Waals surface area contributed by atoms with Crippen molar-refractivity contribution in [1.29, 1.82) is 0 Å². The fraction of sp³-hybridized carbons (Fsp3) is 0.231. The maximum absolute atomic E-state index is 11.1. The molecule has 5 nitrogen and oxygen atoms in total. The second kappa shape index (κ2) is 5.01. The van der Waals surface area contributed by atoms with E-state index in [0.29, 0.717) is 12.1 Å². The van der Waals surface area contributed by atoms with E-state index in [1.54, 1.807) is 7.05 Å². The summed E-state index contributed by atoms with van der Waals surface area (Å²) in [6.45, 7) is 0. The van der Waals surface area contributed by atoms with E-state index >= 15 is 0 Å². The number of aliphatic carboxylic acids is 1. The van der Waals surface area contributed by atoms with Crippen molar-refractivity contribution in [2.75, 3.05) is 7.05 Å². The molecule has 0 spiro atoms. The summed E-state index contributed by atoms with van der Waals surface area (Å²) in [5.74, 6) is -0.930. The molecule has 0 aliphatic rings. The maximum atomic E-state index is 11.1. The number of carboxylic acids is 1. The molecule has 5 heteroatoms. The summed E-state index contributed by atoms with van der Waals surface area (Å²) in [4.78, 5) is 22.1. The van der Waals surface area contributed by atoms with Crippen molar-refractivity contribution < 1.29 is 14.7 Å². The highest BCUT2D eigenvalue weighted by Gasteiger charge is 2.18. The van der Waals surface area contributed by atoms with Crippen LogP contribution in [-0.4, -0.2) is 35.1 Å². The number of aromatic nitrogens is 1. The third-order valence-corrected chi connectivity index (χ3v) is 2.99. The monoisotopic (exact) mass is 246 g/mol. The van der Waals surface area contributed by atoms with Gasteiger partial charge in [-0.25, -0.2) is 0 Å². The van der Waals surface area contributed by atoms with Crippen LogP contribution in [0.1, 0.15) is 5.69 Å². The molecule has 1 heterocycles. The van der Waals surface area contributed by atoms with E-state index in [4.69, 9.17) is 5.11 Å². The number of hydrogen-bond acceptors (Lipinski definition) is 3. The summed E-state index contributed by atoms with van der Waals surface area (Å²) in [6, 6.07) is 8.60. The van der Waals surface area contributed by atoms with Crippen LogP contribution in [0.25, 0.3) is 10.9 Å². The van der Waals surface area contributed by atoms with Crippen molar-refractivity contribution in [2.45, 2.75) is 12.5 Å². The molecule has 0 aliphatic heterocycles. The average molecular weight is 246 g/mol. The molecule has 18 heavy (non-hydrogen) atoms. The summed E-state index contributed by atoms with van der Waals surface area (Å²) in [5, 5.41) is 12.7. The SMILES string of the molecule is CNC(Cc1cc2ccccc2n1C=O)C(=O)O. The number of nitrogens with zero attached hydrogens (tertiary/aromatic N) is 1.